The minimum Gasteiger partial charge on any atom is -0.281 e. The first-order valence-corrected chi connectivity index (χ1v) is 4.83. The fraction of sp³-hybridized carbons (Fsp3) is 0.714. The molecule has 0 heterocycles. The van der Waals surface area contributed by atoms with Gasteiger partial charge in [-0.2, -0.15) is 0 Å². The van der Waals surface area contributed by atoms with Gasteiger partial charge in [0.15, 0.2) is 0 Å². The normalized spacial score (nSPS) is 11.0. The van der Waals surface area contributed by atoms with Gasteiger partial charge in [-0.15, -0.1) is 0 Å². The van der Waals surface area contributed by atoms with Gasteiger partial charge < -0.3 is 0 Å². The van der Waals surface area contributed by atoms with Gasteiger partial charge in [-0.05, 0) is 24.4 Å². The maximum Gasteiger partial charge on any atom is 0.320 e. The van der Waals surface area contributed by atoms with Crippen molar-refractivity contribution in [2.45, 2.75) is 31.0 Å². The number of nitrogens with one attached hydrogen (secondary N) is 1. The maximum absolute atomic E-state index is 11.3. The highest BCUT2D eigenvalue weighted by atomic mass is 79.9. The molecule has 0 spiro atoms. The topological polar surface area (TPSA) is 46.2 Å². The minimum absolute atomic E-state index is 0.382. The third-order valence-corrected chi connectivity index (χ3v) is 3.32. The molecule has 0 saturated carbocycles. The number of carbonyl (C=O) groups excluding carboxylic acids is 2. The monoisotopic (exact) mass is 255 g/mol. The molecule has 0 saturated heterocycles. The van der Waals surface area contributed by atoms with Gasteiger partial charge in [0.1, 0.15) is 4.32 Å². The molecule has 1 N–H and O–H groups in total. The van der Waals surface area contributed by atoms with Crippen LogP contribution in [0.15, 0.2) is 0 Å². The van der Waals surface area contributed by atoms with Crippen molar-refractivity contribution in [3.8, 4) is 0 Å². The first-order chi connectivity index (χ1) is 5.46. The lowest BCUT2D eigenvalue weighted by molar-refractivity contribution is -0.122. The molecule has 0 aliphatic heterocycles. The Hall–Kier alpha value is -0.0900. The smallest absolute Gasteiger partial charge is 0.281 e. The molecule has 0 aliphatic carbocycles. The lowest BCUT2D eigenvalue weighted by Gasteiger charge is -2.21. The molecule has 70 valence electrons. The van der Waals surface area contributed by atoms with E-state index < -0.39 is 9.69 Å². The Balaban J connectivity index is 4.32. The molecule has 0 fully saturated rings. The van der Waals surface area contributed by atoms with Crippen LogP contribution in [0, 0.1) is 0 Å². The van der Waals surface area contributed by atoms with E-state index in [1.165, 1.54) is 0 Å². The van der Waals surface area contributed by atoms with E-state index in [0.717, 1.165) is 0 Å². The largest absolute Gasteiger partial charge is 0.320 e. The molecule has 0 aliphatic rings. The van der Waals surface area contributed by atoms with Gasteiger partial charge in [0, 0.05) is 0 Å². The van der Waals surface area contributed by atoms with Crippen molar-refractivity contribution in [3.63, 3.8) is 0 Å². The van der Waals surface area contributed by atoms with Crippen molar-refractivity contribution in [1.29, 1.82) is 0 Å². The predicted octanol–water partition coefficient (Wildman–Crippen LogP) is 2.42. The number of amides is 2. The van der Waals surface area contributed by atoms with E-state index in [4.69, 9.17) is 11.6 Å². The summed E-state index contributed by atoms with van der Waals surface area (Å²) in [7, 11) is 0. The van der Waals surface area contributed by atoms with Gasteiger partial charge >= 0.3 is 5.37 Å². The average molecular weight is 257 g/mol. The maximum atomic E-state index is 11.3. The summed E-state index contributed by atoms with van der Waals surface area (Å²) in [6.45, 7) is 3.72. The highest BCUT2D eigenvalue weighted by molar-refractivity contribution is 9.10. The summed E-state index contributed by atoms with van der Waals surface area (Å²) in [5, 5.41) is 1.18. The van der Waals surface area contributed by atoms with Crippen LogP contribution in [0.1, 0.15) is 26.7 Å². The number of halogens is 2. The first-order valence-electron chi connectivity index (χ1n) is 3.66. The Morgan fingerprint density at radius 3 is 2.08 bits per heavy atom. The molecule has 0 atom stereocenters. The van der Waals surface area contributed by atoms with Crippen molar-refractivity contribution in [3.05, 3.63) is 0 Å². The van der Waals surface area contributed by atoms with E-state index >= 15 is 0 Å². The Labute approximate surface area is 85.0 Å². The molecule has 0 aromatic carbocycles. The van der Waals surface area contributed by atoms with Crippen LogP contribution in [0.25, 0.3) is 0 Å². The molecular formula is C7H11BrClNO2. The van der Waals surface area contributed by atoms with Crippen LogP contribution in [0.4, 0.5) is 4.79 Å². The quantitative estimate of drug-likeness (QED) is 0.479. The highest BCUT2D eigenvalue weighted by Crippen LogP contribution is 2.26. The van der Waals surface area contributed by atoms with Gasteiger partial charge in [-0.1, -0.05) is 29.8 Å². The molecule has 0 unspecified atom stereocenters. The van der Waals surface area contributed by atoms with Crippen molar-refractivity contribution in [2.75, 3.05) is 0 Å². The molecule has 3 nitrogen and oxygen atoms in total. The van der Waals surface area contributed by atoms with Gasteiger partial charge in [0.2, 0.25) is 5.91 Å². The highest BCUT2D eigenvalue weighted by Gasteiger charge is 2.32. The zero-order chi connectivity index (χ0) is 9.78. The third-order valence-electron chi connectivity index (χ3n) is 1.74. The van der Waals surface area contributed by atoms with E-state index in [-0.39, 0.29) is 5.91 Å². The van der Waals surface area contributed by atoms with Gasteiger partial charge in [-0.3, -0.25) is 14.9 Å². The second kappa shape index (κ2) is 4.82. The van der Waals surface area contributed by atoms with Crippen molar-refractivity contribution in [1.82, 2.24) is 5.32 Å². The number of rotatable bonds is 3. The zero-order valence-corrected chi connectivity index (χ0v) is 9.33. The van der Waals surface area contributed by atoms with Crippen molar-refractivity contribution in [2.24, 2.45) is 0 Å². The molecular weight excluding hydrogens is 245 g/mol. The Morgan fingerprint density at radius 1 is 1.42 bits per heavy atom. The first kappa shape index (κ1) is 11.9. The van der Waals surface area contributed by atoms with Crippen LogP contribution in [0.5, 0.6) is 0 Å². The fourth-order valence-electron chi connectivity index (χ4n) is 0.772. The number of carbonyl (C=O) groups is 2. The van der Waals surface area contributed by atoms with E-state index in [9.17, 15) is 9.59 Å². The molecule has 2 amide bonds. The summed E-state index contributed by atoms with van der Waals surface area (Å²) in [5.74, 6) is -0.382. The molecule has 0 aromatic heterocycles. The van der Waals surface area contributed by atoms with Crippen molar-refractivity contribution >= 4 is 38.8 Å². The van der Waals surface area contributed by atoms with E-state index in [1.807, 2.05) is 19.2 Å². The summed E-state index contributed by atoms with van der Waals surface area (Å²) >= 11 is 8.26. The second-order valence-corrected chi connectivity index (χ2v) is 4.26. The summed E-state index contributed by atoms with van der Waals surface area (Å²) in [4.78, 5) is 21.6. The van der Waals surface area contributed by atoms with E-state index in [0.29, 0.717) is 12.8 Å². The van der Waals surface area contributed by atoms with Crippen LogP contribution < -0.4 is 5.32 Å². The van der Waals surface area contributed by atoms with E-state index in [1.54, 1.807) is 0 Å². The average Bonchev–Trinajstić information content (AvgIpc) is 2.02. The summed E-state index contributed by atoms with van der Waals surface area (Å²) < 4.78 is -0.669. The Kier molecular flexibility index (Phi) is 4.78. The molecule has 0 radical (unpaired) electrons. The van der Waals surface area contributed by atoms with Crippen molar-refractivity contribution < 1.29 is 9.59 Å². The SMILES string of the molecule is CCC(Br)(CC)C(=O)NC(=O)Cl. The summed E-state index contributed by atoms with van der Waals surface area (Å²) in [5.41, 5.74) is 0. The number of hydrogen-bond donors (Lipinski definition) is 1. The Bertz CT molecular complexity index is 192. The number of alkyl halides is 1. The van der Waals surface area contributed by atoms with Crippen LogP contribution in [-0.2, 0) is 4.79 Å². The number of imide groups is 1. The Morgan fingerprint density at radius 2 is 1.83 bits per heavy atom. The molecule has 12 heavy (non-hydrogen) atoms. The molecule has 0 aromatic rings. The fourth-order valence-corrected chi connectivity index (χ4v) is 0.957. The second-order valence-electron chi connectivity index (χ2n) is 2.40. The van der Waals surface area contributed by atoms with Crippen LogP contribution in [0.2, 0.25) is 0 Å². The number of hydrogen-bond acceptors (Lipinski definition) is 2. The third kappa shape index (κ3) is 3.11. The van der Waals surface area contributed by atoms with Crippen LogP contribution >= 0.6 is 27.5 Å². The lowest BCUT2D eigenvalue weighted by atomic mass is 10.0. The summed E-state index contributed by atoms with van der Waals surface area (Å²) in [6, 6.07) is 0. The van der Waals surface area contributed by atoms with Gasteiger partial charge in [0.25, 0.3) is 0 Å². The molecule has 5 heteroatoms. The zero-order valence-electron chi connectivity index (χ0n) is 6.99. The molecule has 0 rings (SSSR count). The standard InChI is InChI=1S/C7H11BrClNO2/c1-3-7(8,4-2)5(11)10-6(9)12/h3-4H2,1-2H3,(H,10,11,12). The van der Waals surface area contributed by atoms with Crippen LogP contribution in [-0.4, -0.2) is 15.6 Å². The lowest BCUT2D eigenvalue weighted by Crippen LogP contribution is -2.42. The van der Waals surface area contributed by atoms with Gasteiger partial charge in [0.05, 0.1) is 0 Å². The predicted molar refractivity (Wildman–Crippen MR) is 51.6 cm³/mol. The summed E-state index contributed by atoms with van der Waals surface area (Å²) in [6.07, 6.45) is 1.22. The molecule has 0 bridgehead atoms. The van der Waals surface area contributed by atoms with Crippen LogP contribution in [0.3, 0.4) is 0 Å². The minimum atomic E-state index is -0.842. The van der Waals surface area contributed by atoms with Gasteiger partial charge in [-0.25, -0.2) is 0 Å². The van der Waals surface area contributed by atoms with E-state index in [2.05, 4.69) is 15.9 Å².